The van der Waals surface area contributed by atoms with Gasteiger partial charge in [0, 0.05) is 45.6 Å². The summed E-state index contributed by atoms with van der Waals surface area (Å²) >= 11 is 1.59. The second-order valence-corrected chi connectivity index (χ2v) is 5.05. The zero-order chi connectivity index (χ0) is 12.5. The van der Waals surface area contributed by atoms with Gasteiger partial charge in [0.1, 0.15) is 0 Å². The van der Waals surface area contributed by atoms with Crippen molar-refractivity contribution in [3.05, 3.63) is 42.5 Å². The van der Waals surface area contributed by atoms with E-state index >= 15 is 0 Å². The van der Waals surface area contributed by atoms with Gasteiger partial charge in [-0.25, -0.2) is 4.98 Å². The minimum Gasteiger partial charge on any atom is -0.398 e. The number of anilines is 1. The molecule has 90 valence electrons. The minimum atomic E-state index is 0.751. The molecular weight excluding hydrogens is 244 g/mol. The van der Waals surface area contributed by atoms with Gasteiger partial charge >= 0.3 is 0 Å². The smallest absolute Gasteiger partial charge is 0.170 e. The molecule has 0 radical (unpaired) electrons. The van der Waals surface area contributed by atoms with Crippen molar-refractivity contribution >= 4 is 28.2 Å². The predicted octanol–water partition coefficient (Wildman–Crippen LogP) is 3.00. The Bertz CT molecular complexity index is 692. The van der Waals surface area contributed by atoms with Crippen LogP contribution in [0.15, 0.2) is 46.8 Å². The predicted molar refractivity (Wildman–Crippen MR) is 73.6 cm³/mol. The number of aromatic amines is 1. The molecule has 0 aliphatic heterocycles. The monoisotopic (exact) mass is 256 g/mol. The van der Waals surface area contributed by atoms with Crippen molar-refractivity contribution in [1.29, 1.82) is 0 Å². The second kappa shape index (κ2) is 4.34. The van der Waals surface area contributed by atoms with Gasteiger partial charge in [0.05, 0.1) is 0 Å². The summed E-state index contributed by atoms with van der Waals surface area (Å²) in [6, 6.07) is 5.98. The molecule has 1 aromatic carbocycles. The SMILES string of the molecule is Cc1cc2c(Sc3ncc[nH]3)ccc(N)c2cn1. The van der Waals surface area contributed by atoms with Gasteiger partial charge in [-0.3, -0.25) is 4.98 Å². The number of nitrogens with two attached hydrogens (primary N) is 1. The van der Waals surface area contributed by atoms with Crippen molar-refractivity contribution in [3.63, 3.8) is 0 Å². The molecule has 0 saturated carbocycles. The Morgan fingerprint density at radius 2 is 2.11 bits per heavy atom. The van der Waals surface area contributed by atoms with E-state index in [0.717, 1.165) is 32.2 Å². The third-order valence-electron chi connectivity index (χ3n) is 2.71. The van der Waals surface area contributed by atoms with Crippen LogP contribution in [0.25, 0.3) is 10.8 Å². The lowest BCUT2D eigenvalue weighted by Gasteiger charge is -2.07. The normalized spacial score (nSPS) is 10.9. The number of aryl methyl sites for hydroxylation is 1. The molecule has 2 heterocycles. The minimum absolute atomic E-state index is 0.751. The van der Waals surface area contributed by atoms with Crippen LogP contribution in [0.4, 0.5) is 5.69 Å². The number of H-pyrrole nitrogens is 1. The average Bonchev–Trinajstić information content (AvgIpc) is 2.86. The fraction of sp³-hybridized carbons (Fsp3) is 0.0769. The van der Waals surface area contributed by atoms with Crippen LogP contribution in [-0.4, -0.2) is 15.0 Å². The highest BCUT2D eigenvalue weighted by Gasteiger charge is 2.07. The summed E-state index contributed by atoms with van der Waals surface area (Å²) in [6.07, 6.45) is 5.38. The van der Waals surface area contributed by atoms with E-state index in [1.807, 2.05) is 31.5 Å². The molecule has 3 rings (SSSR count). The summed E-state index contributed by atoms with van der Waals surface area (Å²) in [6.45, 7) is 1.98. The van der Waals surface area contributed by atoms with Crippen LogP contribution in [0.5, 0.6) is 0 Å². The van der Waals surface area contributed by atoms with Gasteiger partial charge in [-0.05, 0) is 25.1 Å². The zero-order valence-electron chi connectivity index (χ0n) is 9.84. The maximum absolute atomic E-state index is 5.98. The molecule has 0 fully saturated rings. The first-order chi connectivity index (χ1) is 8.74. The lowest BCUT2D eigenvalue weighted by molar-refractivity contribution is 1.06. The largest absolute Gasteiger partial charge is 0.398 e. The number of imidazole rings is 1. The summed E-state index contributed by atoms with van der Waals surface area (Å²) in [5.74, 6) is 0. The number of pyridine rings is 1. The first kappa shape index (κ1) is 11.1. The summed E-state index contributed by atoms with van der Waals surface area (Å²) in [7, 11) is 0. The molecule has 0 atom stereocenters. The van der Waals surface area contributed by atoms with Crippen LogP contribution < -0.4 is 5.73 Å². The van der Waals surface area contributed by atoms with Gasteiger partial charge in [0.15, 0.2) is 5.16 Å². The molecular formula is C13H12N4S. The Hall–Kier alpha value is -2.01. The fourth-order valence-electron chi connectivity index (χ4n) is 1.84. The molecule has 0 saturated heterocycles. The number of nitrogens with zero attached hydrogens (tertiary/aromatic N) is 2. The van der Waals surface area contributed by atoms with Crippen LogP contribution in [0, 0.1) is 6.92 Å². The fourth-order valence-corrected chi connectivity index (χ4v) is 2.70. The molecule has 0 aliphatic rings. The van der Waals surface area contributed by atoms with Gasteiger partial charge < -0.3 is 10.7 Å². The van der Waals surface area contributed by atoms with Crippen LogP contribution in [-0.2, 0) is 0 Å². The summed E-state index contributed by atoms with van der Waals surface area (Å²) in [5.41, 5.74) is 7.71. The Morgan fingerprint density at radius 3 is 2.89 bits per heavy atom. The van der Waals surface area contributed by atoms with Gasteiger partial charge in [-0.1, -0.05) is 11.8 Å². The lowest BCUT2D eigenvalue weighted by atomic mass is 10.1. The summed E-state index contributed by atoms with van der Waals surface area (Å²) < 4.78 is 0. The average molecular weight is 256 g/mol. The number of hydrogen-bond donors (Lipinski definition) is 2. The number of hydrogen-bond acceptors (Lipinski definition) is 4. The van der Waals surface area contributed by atoms with E-state index in [1.54, 1.807) is 18.0 Å². The van der Waals surface area contributed by atoms with Crippen molar-refractivity contribution in [2.24, 2.45) is 0 Å². The van der Waals surface area contributed by atoms with E-state index in [9.17, 15) is 0 Å². The number of nitrogens with one attached hydrogen (secondary N) is 1. The third kappa shape index (κ3) is 1.93. The molecule has 0 aliphatic carbocycles. The molecule has 3 aromatic rings. The van der Waals surface area contributed by atoms with Crippen molar-refractivity contribution < 1.29 is 0 Å². The molecule has 18 heavy (non-hydrogen) atoms. The molecule has 0 bridgehead atoms. The number of benzene rings is 1. The lowest BCUT2D eigenvalue weighted by Crippen LogP contribution is -1.91. The van der Waals surface area contributed by atoms with Crippen molar-refractivity contribution in [3.8, 4) is 0 Å². The Labute approximate surface area is 109 Å². The van der Waals surface area contributed by atoms with Crippen molar-refractivity contribution in [2.45, 2.75) is 17.0 Å². The number of rotatable bonds is 2. The summed E-state index contributed by atoms with van der Waals surface area (Å²) in [4.78, 5) is 12.7. The van der Waals surface area contributed by atoms with Crippen LogP contribution >= 0.6 is 11.8 Å². The number of aromatic nitrogens is 3. The van der Waals surface area contributed by atoms with Crippen molar-refractivity contribution in [2.75, 3.05) is 5.73 Å². The van der Waals surface area contributed by atoms with E-state index in [2.05, 4.69) is 21.0 Å². The maximum Gasteiger partial charge on any atom is 0.170 e. The van der Waals surface area contributed by atoms with Crippen LogP contribution in [0.1, 0.15) is 5.69 Å². The molecule has 5 heteroatoms. The van der Waals surface area contributed by atoms with E-state index in [-0.39, 0.29) is 0 Å². The molecule has 3 N–H and O–H groups in total. The standard InChI is InChI=1S/C13H12N4S/c1-8-6-9-10(7-17-8)11(14)2-3-12(9)18-13-15-4-5-16-13/h2-7H,14H2,1H3,(H,15,16). The molecule has 2 aromatic heterocycles. The van der Waals surface area contributed by atoms with E-state index in [0.29, 0.717) is 0 Å². The van der Waals surface area contributed by atoms with E-state index in [4.69, 9.17) is 5.73 Å². The number of fused-ring (bicyclic) bond motifs is 1. The van der Waals surface area contributed by atoms with Gasteiger partial charge in [0.25, 0.3) is 0 Å². The van der Waals surface area contributed by atoms with Crippen LogP contribution in [0.3, 0.4) is 0 Å². The second-order valence-electron chi connectivity index (χ2n) is 4.02. The highest BCUT2D eigenvalue weighted by atomic mass is 32.2. The zero-order valence-corrected chi connectivity index (χ0v) is 10.7. The quantitative estimate of drug-likeness (QED) is 0.692. The Morgan fingerprint density at radius 1 is 1.22 bits per heavy atom. The van der Waals surface area contributed by atoms with E-state index < -0.39 is 0 Å². The summed E-state index contributed by atoms with van der Waals surface area (Å²) in [5, 5.41) is 2.97. The molecule has 4 nitrogen and oxygen atoms in total. The Kier molecular flexibility index (Phi) is 2.68. The number of nitrogen functional groups attached to an aromatic ring is 1. The first-order valence-electron chi connectivity index (χ1n) is 5.56. The van der Waals surface area contributed by atoms with Gasteiger partial charge in [-0.15, -0.1) is 0 Å². The maximum atomic E-state index is 5.98. The third-order valence-corrected chi connectivity index (χ3v) is 3.70. The molecule has 0 unspecified atom stereocenters. The van der Waals surface area contributed by atoms with E-state index in [1.165, 1.54) is 0 Å². The topological polar surface area (TPSA) is 67.6 Å². The molecule has 0 amide bonds. The first-order valence-corrected chi connectivity index (χ1v) is 6.38. The highest BCUT2D eigenvalue weighted by Crippen LogP contribution is 2.34. The van der Waals surface area contributed by atoms with Crippen molar-refractivity contribution in [1.82, 2.24) is 15.0 Å². The highest BCUT2D eigenvalue weighted by molar-refractivity contribution is 7.99. The van der Waals surface area contributed by atoms with Gasteiger partial charge in [-0.2, -0.15) is 0 Å². The van der Waals surface area contributed by atoms with Crippen LogP contribution in [0.2, 0.25) is 0 Å². The molecule has 0 spiro atoms. The van der Waals surface area contributed by atoms with Gasteiger partial charge in [0.2, 0.25) is 0 Å². The Balaban J connectivity index is 2.17.